The Morgan fingerprint density at radius 2 is 1.24 bits per heavy atom. The lowest BCUT2D eigenvalue weighted by Gasteiger charge is -2.09. The van der Waals surface area contributed by atoms with Gasteiger partial charge in [-0.15, -0.1) is 0 Å². The van der Waals surface area contributed by atoms with E-state index in [9.17, 15) is 9.46 Å². The van der Waals surface area contributed by atoms with E-state index >= 15 is 0 Å². The quantitative estimate of drug-likeness (QED) is 0.369. The third-order valence-electron chi connectivity index (χ3n) is 2.50. The molecule has 0 saturated heterocycles. The summed E-state index contributed by atoms with van der Waals surface area (Å²) >= 11 is 2.53. The highest BCUT2D eigenvalue weighted by Gasteiger charge is 2.18. The van der Waals surface area contributed by atoms with E-state index in [0.717, 1.165) is 30.8 Å². The molecule has 0 aromatic rings. The normalized spacial score (nSPS) is 14.8. The zero-order valence-electron chi connectivity index (χ0n) is 11.2. The Labute approximate surface area is 115 Å². The van der Waals surface area contributed by atoms with Crippen LogP contribution >= 0.6 is 28.5 Å². The maximum Gasteiger partial charge on any atom is 0.310 e. The lowest BCUT2D eigenvalue weighted by atomic mass is 10.2. The van der Waals surface area contributed by atoms with Crippen LogP contribution in [-0.4, -0.2) is 16.4 Å². The van der Waals surface area contributed by atoms with Crippen LogP contribution in [0.3, 0.4) is 0 Å². The predicted octanol–water partition coefficient (Wildman–Crippen LogP) is 5.71. The summed E-state index contributed by atoms with van der Waals surface area (Å²) in [5.74, 6) is -1.30. The van der Waals surface area contributed by atoms with Gasteiger partial charge in [0.2, 0.25) is 0 Å². The largest absolute Gasteiger partial charge is 0.329 e. The molecule has 0 bridgehead atoms. The standard InChI is InChI=1S/C12H27O2PS2/c1-3-5-7-8-10-12-17-15(13,14)16-11-9-6-4-2/h3-12H2,1-2H3,(H,13,14). The maximum absolute atomic E-state index is 11.7. The summed E-state index contributed by atoms with van der Waals surface area (Å²) in [7, 11) is 0. The van der Waals surface area contributed by atoms with Crippen molar-refractivity contribution in [1.82, 2.24) is 0 Å². The van der Waals surface area contributed by atoms with Gasteiger partial charge < -0.3 is 4.89 Å². The van der Waals surface area contributed by atoms with Crippen molar-refractivity contribution < 1.29 is 9.46 Å². The topological polar surface area (TPSA) is 37.3 Å². The highest BCUT2D eigenvalue weighted by Crippen LogP contribution is 2.65. The van der Waals surface area contributed by atoms with Crippen LogP contribution in [0.5, 0.6) is 0 Å². The van der Waals surface area contributed by atoms with E-state index in [1.165, 1.54) is 54.9 Å². The van der Waals surface area contributed by atoms with Gasteiger partial charge >= 0.3 is 5.77 Å². The number of unbranched alkanes of at least 4 members (excludes halogenated alkanes) is 6. The first-order valence-electron chi connectivity index (χ1n) is 6.74. The molecule has 0 spiro atoms. The van der Waals surface area contributed by atoms with Gasteiger partial charge in [-0.2, -0.15) is 0 Å². The lowest BCUT2D eigenvalue weighted by Crippen LogP contribution is -1.83. The lowest BCUT2D eigenvalue weighted by molar-refractivity contribution is 0.514. The van der Waals surface area contributed by atoms with Crippen LogP contribution in [0.1, 0.15) is 65.2 Å². The van der Waals surface area contributed by atoms with Gasteiger partial charge in [0, 0.05) is 11.5 Å². The third-order valence-corrected chi connectivity index (χ3v) is 9.05. The second kappa shape index (κ2) is 12.0. The summed E-state index contributed by atoms with van der Waals surface area (Å²) in [5.41, 5.74) is 0. The van der Waals surface area contributed by atoms with Crippen LogP contribution in [0.2, 0.25) is 0 Å². The molecule has 1 unspecified atom stereocenters. The minimum absolute atomic E-state index is 0.824. The molecule has 2 nitrogen and oxygen atoms in total. The highest BCUT2D eigenvalue weighted by molar-refractivity contribution is 8.88. The van der Waals surface area contributed by atoms with E-state index in [1.54, 1.807) is 0 Å². The molecule has 0 aliphatic heterocycles. The van der Waals surface area contributed by atoms with Crippen LogP contribution in [0.4, 0.5) is 0 Å². The summed E-state index contributed by atoms with van der Waals surface area (Å²) in [6.45, 7) is 4.35. The Morgan fingerprint density at radius 3 is 1.76 bits per heavy atom. The molecule has 0 saturated carbocycles. The summed E-state index contributed by atoms with van der Waals surface area (Å²) in [6, 6.07) is 0. The van der Waals surface area contributed by atoms with Gasteiger partial charge in [0.1, 0.15) is 0 Å². The molecule has 0 aromatic carbocycles. The van der Waals surface area contributed by atoms with Crippen LogP contribution in [0.15, 0.2) is 0 Å². The molecule has 0 rings (SSSR count). The molecule has 0 radical (unpaired) electrons. The molecule has 0 aromatic heterocycles. The average molecular weight is 298 g/mol. The fraction of sp³-hybridized carbons (Fsp3) is 1.00. The Bertz CT molecular complexity index is 213. The van der Waals surface area contributed by atoms with Crippen LogP contribution < -0.4 is 0 Å². The van der Waals surface area contributed by atoms with Crippen molar-refractivity contribution in [3.63, 3.8) is 0 Å². The van der Waals surface area contributed by atoms with Crippen molar-refractivity contribution in [2.24, 2.45) is 0 Å². The summed E-state index contributed by atoms with van der Waals surface area (Å²) in [5, 5.41) is 0. The van der Waals surface area contributed by atoms with Crippen LogP contribution in [0, 0.1) is 0 Å². The van der Waals surface area contributed by atoms with Gasteiger partial charge in [-0.25, -0.2) is 0 Å². The molecule has 104 valence electrons. The summed E-state index contributed by atoms with van der Waals surface area (Å²) in [6.07, 6.45) is 9.45. The molecular formula is C12H27O2PS2. The third kappa shape index (κ3) is 13.1. The van der Waals surface area contributed by atoms with Crippen molar-refractivity contribution in [1.29, 1.82) is 0 Å². The zero-order chi connectivity index (χ0) is 13.0. The second-order valence-electron chi connectivity index (χ2n) is 4.26. The Morgan fingerprint density at radius 1 is 0.824 bits per heavy atom. The number of hydrogen-bond acceptors (Lipinski definition) is 3. The fourth-order valence-corrected chi connectivity index (χ4v) is 7.05. The fourth-order valence-electron chi connectivity index (χ4n) is 1.45. The van der Waals surface area contributed by atoms with Crippen molar-refractivity contribution >= 4 is 28.5 Å². The Balaban J connectivity index is 3.40. The Kier molecular flexibility index (Phi) is 12.6. The van der Waals surface area contributed by atoms with E-state index in [-0.39, 0.29) is 0 Å². The molecule has 17 heavy (non-hydrogen) atoms. The molecule has 0 aliphatic carbocycles. The molecular weight excluding hydrogens is 271 g/mol. The molecule has 5 heteroatoms. The molecule has 1 atom stereocenters. The number of hydrogen-bond donors (Lipinski definition) is 1. The highest BCUT2D eigenvalue weighted by atomic mass is 33.1. The maximum atomic E-state index is 11.7. The molecule has 0 amide bonds. The first kappa shape index (κ1) is 17.9. The van der Waals surface area contributed by atoms with Gasteiger partial charge in [0.25, 0.3) is 0 Å². The molecule has 0 heterocycles. The first-order valence-corrected chi connectivity index (χ1v) is 11.6. The van der Waals surface area contributed by atoms with Gasteiger partial charge in [0.15, 0.2) is 0 Å². The minimum atomic E-state index is -2.95. The smallest absolute Gasteiger partial charge is 0.310 e. The van der Waals surface area contributed by atoms with E-state index in [4.69, 9.17) is 0 Å². The van der Waals surface area contributed by atoms with Gasteiger partial charge in [-0.3, -0.25) is 4.57 Å². The van der Waals surface area contributed by atoms with E-state index in [2.05, 4.69) is 13.8 Å². The molecule has 0 aliphatic rings. The van der Waals surface area contributed by atoms with E-state index in [1.807, 2.05) is 0 Å². The monoisotopic (exact) mass is 298 g/mol. The second-order valence-corrected chi connectivity index (χ2v) is 11.7. The Hall–Kier alpha value is 0.890. The minimum Gasteiger partial charge on any atom is -0.329 e. The van der Waals surface area contributed by atoms with Crippen molar-refractivity contribution in [3.05, 3.63) is 0 Å². The van der Waals surface area contributed by atoms with Gasteiger partial charge in [-0.05, 0) is 12.8 Å². The first-order chi connectivity index (χ1) is 8.12. The SMILES string of the molecule is CCCCCCCSP(=O)(O)SCCCCC. The number of rotatable bonds is 12. The average Bonchev–Trinajstić information content (AvgIpc) is 2.29. The van der Waals surface area contributed by atoms with Gasteiger partial charge in [0.05, 0.1) is 0 Å². The van der Waals surface area contributed by atoms with E-state index in [0.29, 0.717) is 0 Å². The van der Waals surface area contributed by atoms with Crippen LogP contribution in [0.25, 0.3) is 0 Å². The molecule has 1 N–H and O–H groups in total. The van der Waals surface area contributed by atoms with Crippen LogP contribution in [-0.2, 0) is 4.57 Å². The van der Waals surface area contributed by atoms with Crippen molar-refractivity contribution in [3.8, 4) is 0 Å². The van der Waals surface area contributed by atoms with E-state index < -0.39 is 5.77 Å². The predicted molar refractivity (Wildman–Crippen MR) is 83.0 cm³/mol. The summed E-state index contributed by atoms with van der Waals surface area (Å²) < 4.78 is 11.7. The van der Waals surface area contributed by atoms with Crippen molar-refractivity contribution in [2.45, 2.75) is 65.2 Å². The summed E-state index contributed by atoms with van der Waals surface area (Å²) in [4.78, 5) is 9.70. The van der Waals surface area contributed by atoms with Crippen molar-refractivity contribution in [2.75, 3.05) is 11.5 Å². The molecule has 0 fully saturated rings. The van der Waals surface area contributed by atoms with Gasteiger partial charge in [-0.1, -0.05) is 75.1 Å². The zero-order valence-corrected chi connectivity index (χ0v) is 13.7.